The average Bonchev–Trinajstić information content (AvgIpc) is 2.67. The van der Waals surface area contributed by atoms with Crippen molar-refractivity contribution in [1.29, 1.82) is 0 Å². The van der Waals surface area contributed by atoms with Crippen LogP contribution in [0.25, 0.3) is 0 Å². The lowest BCUT2D eigenvalue weighted by Crippen LogP contribution is -2.24. The number of benzene rings is 2. The Balaban J connectivity index is 1.79. The molecule has 0 spiro atoms. The number of ether oxygens (including phenoxy) is 1. The van der Waals surface area contributed by atoms with E-state index in [-0.39, 0.29) is 18.4 Å². The van der Waals surface area contributed by atoms with Gasteiger partial charge in [-0.15, -0.1) is 0 Å². The van der Waals surface area contributed by atoms with Crippen LogP contribution in [-0.4, -0.2) is 32.0 Å². The second kappa shape index (κ2) is 10.1. The Morgan fingerprint density at radius 2 is 1.62 bits per heavy atom. The Morgan fingerprint density at radius 1 is 0.962 bits per heavy atom. The van der Waals surface area contributed by atoms with Crippen molar-refractivity contribution in [3.05, 3.63) is 54.1 Å². The zero-order valence-electron chi connectivity index (χ0n) is 15.2. The topological polar surface area (TPSA) is 79.5 Å². The SMILES string of the molecule is CCCCNC(=O)c1ccc(NCC(=O)Nc2ccc(OC)cc2)cc1. The minimum atomic E-state index is -0.156. The highest BCUT2D eigenvalue weighted by atomic mass is 16.5. The molecule has 0 aromatic heterocycles. The molecule has 0 atom stereocenters. The standard InChI is InChI=1S/C20H25N3O3/c1-3-4-13-21-20(25)15-5-7-16(8-6-15)22-14-19(24)23-17-9-11-18(26-2)12-10-17/h5-12,22H,3-4,13-14H2,1-2H3,(H,21,25)(H,23,24). The van der Waals surface area contributed by atoms with Gasteiger partial charge >= 0.3 is 0 Å². The monoisotopic (exact) mass is 355 g/mol. The van der Waals surface area contributed by atoms with Gasteiger partial charge in [0.05, 0.1) is 13.7 Å². The van der Waals surface area contributed by atoms with Crippen LogP contribution in [0.3, 0.4) is 0 Å². The molecule has 0 radical (unpaired) electrons. The largest absolute Gasteiger partial charge is 0.497 e. The number of carbonyl (C=O) groups excluding carboxylic acids is 2. The molecular weight excluding hydrogens is 330 g/mol. The summed E-state index contributed by atoms with van der Waals surface area (Å²) in [5.74, 6) is 0.499. The van der Waals surface area contributed by atoms with Crippen molar-refractivity contribution >= 4 is 23.2 Å². The van der Waals surface area contributed by atoms with E-state index in [4.69, 9.17) is 4.74 Å². The van der Waals surface area contributed by atoms with Crippen LogP contribution in [0.4, 0.5) is 11.4 Å². The fourth-order valence-electron chi connectivity index (χ4n) is 2.28. The van der Waals surface area contributed by atoms with Gasteiger partial charge < -0.3 is 20.7 Å². The Hall–Kier alpha value is -3.02. The smallest absolute Gasteiger partial charge is 0.251 e. The maximum Gasteiger partial charge on any atom is 0.251 e. The highest BCUT2D eigenvalue weighted by Crippen LogP contribution is 2.15. The predicted molar refractivity (Wildman–Crippen MR) is 104 cm³/mol. The lowest BCUT2D eigenvalue weighted by atomic mass is 10.2. The van der Waals surface area contributed by atoms with Gasteiger partial charge in [-0.3, -0.25) is 9.59 Å². The molecule has 0 bridgehead atoms. The fraction of sp³-hybridized carbons (Fsp3) is 0.300. The first-order chi connectivity index (χ1) is 12.6. The van der Waals surface area contributed by atoms with Crippen LogP contribution in [0, 0.1) is 0 Å². The normalized spacial score (nSPS) is 10.1. The van der Waals surface area contributed by atoms with E-state index in [0.717, 1.165) is 24.3 Å². The maximum atomic E-state index is 12.0. The molecule has 3 N–H and O–H groups in total. The summed E-state index contributed by atoms with van der Waals surface area (Å²) in [5, 5.41) is 8.71. The van der Waals surface area contributed by atoms with E-state index >= 15 is 0 Å². The number of hydrogen-bond acceptors (Lipinski definition) is 4. The van der Waals surface area contributed by atoms with Crippen molar-refractivity contribution in [1.82, 2.24) is 5.32 Å². The third-order valence-corrected chi connectivity index (χ3v) is 3.79. The van der Waals surface area contributed by atoms with Crippen LogP contribution < -0.4 is 20.7 Å². The zero-order valence-corrected chi connectivity index (χ0v) is 15.2. The third kappa shape index (κ3) is 6.12. The van der Waals surface area contributed by atoms with Crippen molar-refractivity contribution in [2.24, 2.45) is 0 Å². The van der Waals surface area contributed by atoms with Gasteiger partial charge in [0.25, 0.3) is 5.91 Å². The number of methoxy groups -OCH3 is 1. The van der Waals surface area contributed by atoms with E-state index in [1.54, 1.807) is 55.6 Å². The summed E-state index contributed by atoms with van der Waals surface area (Å²) < 4.78 is 5.08. The summed E-state index contributed by atoms with van der Waals surface area (Å²) in [6, 6.07) is 14.2. The molecule has 2 amide bonds. The van der Waals surface area contributed by atoms with Gasteiger partial charge in [0.15, 0.2) is 0 Å². The molecule has 2 rings (SSSR count). The lowest BCUT2D eigenvalue weighted by Gasteiger charge is -2.09. The number of anilines is 2. The van der Waals surface area contributed by atoms with Gasteiger partial charge in [-0.2, -0.15) is 0 Å². The van der Waals surface area contributed by atoms with Crippen LogP contribution in [0.15, 0.2) is 48.5 Å². The first-order valence-electron chi connectivity index (χ1n) is 8.68. The van der Waals surface area contributed by atoms with Crippen LogP contribution in [0.5, 0.6) is 5.75 Å². The molecule has 0 aliphatic rings. The van der Waals surface area contributed by atoms with E-state index in [0.29, 0.717) is 17.8 Å². The molecule has 26 heavy (non-hydrogen) atoms. The highest BCUT2D eigenvalue weighted by Gasteiger charge is 2.06. The summed E-state index contributed by atoms with van der Waals surface area (Å²) in [4.78, 5) is 23.9. The molecular formula is C20H25N3O3. The van der Waals surface area contributed by atoms with Gasteiger partial charge in [0.2, 0.25) is 5.91 Å². The van der Waals surface area contributed by atoms with Gasteiger partial charge in [-0.05, 0) is 55.0 Å². The second-order valence-corrected chi connectivity index (χ2v) is 5.82. The molecule has 0 heterocycles. The van der Waals surface area contributed by atoms with Crippen LogP contribution in [0.1, 0.15) is 30.1 Å². The van der Waals surface area contributed by atoms with Crippen molar-refractivity contribution in [3.63, 3.8) is 0 Å². The predicted octanol–water partition coefficient (Wildman–Crippen LogP) is 3.28. The molecule has 0 unspecified atom stereocenters. The van der Waals surface area contributed by atoms with Gasteiger partial charge in [-0.25, -0.2) is 0 Å². The Kier molecular flexibility index (Phi) is 7.49. The number of rotatable bonds is 9. The van der Waals surface area contributed by atoms with E-state index in [9.17, 15) is 9.59 Å². The fourth-order valence-corrected chi connectivity index (χ4v) is 2.28. The molecule has 6 nitrogen and oxygen atoms in total. The van der Waals surface area contributed by atoms with Crippen molar-refractivity contribution in [3.8, 4) is 5.75 Å². The Labute approximate surface area is 153 Å². The van der Waals surface area contributed by atoms with E-state index in [2.05, 4.69) is 22.9 Å². The highest BCUT2D eigenvalue weighted by molar-refractivity contribution is 5.95. The number of amides is 2. The van der Waals surface area contributed by atoms with Crippen molar-refractivity contribution in [2.75, 3.05) is 30.8 Å². The molecule has 2 aromatic carbocycles. The minimum absolute atomic E-state index is 0.0813. The summed E-state index contributed by atoms with van der Waals surface area (Å²) in [6.07, 6.45) is 2.01. The average molecular weight is 355 g/mol. The third-order valence-electron chi connectivity index (χ3n) is 3.79. The first kappa shape index (κ1) is 19.3. The molecule has 138 valence electrons. The Morgan fingerprint density at radius 3 is 2.23 bits per heavy atom. The van der Waals surface area contributed by atoms with Gasteiger partial charge in [0.1, 0.15) is 5.75 Å². The van der Waals surface area contributed by atoms with Crippen LogP contribution >= 0.6 is 0 Å². The van der Waals surface area contributed by atoms with Crippen molar-refractivity contribution < 1.29 is 14.3 Å². The summed E-state index contributed by atoms with van der Waals surface area (Å²) in [6.45, 7) is 2.90. The number of nitrogens with one attached hydrogen (secondary N) is 3. The van der Waals surface area contributed by atoms with Crippen molar-refractivity contribution in [2.45, 2.75) is 19.8 Å². The van der Waals surface area contributed by atoms with Gasteiger partial charge in [0, 0.05) is 23.5 Å². The molecule has 6 heteroatoms. The quantitative estimate of drug-likeness (QED) is 0.603. The maximum absolute atomic E-state index is 12.0. The zero-order chi connectivity index (χ0) is 18.8. The summed E-state index contributed by atoms with van der Waals surface area (Å²) in [7, 11) is 1.59. The molecule has 0 aliphatic heterocycles. The summed E-state index contributed by atoms with van der Waals surface area (Å²) >= 11 is 0. The molecule has 0 aliphatic carbocycles. The number of unbranched alkanes of at least 4 members (excludes halogenated alkanes) is 1. The van der Waals surface area contributed by atoms with Gasteiger partial charge in [-0.1, -0.05) is 13.3 Å². The lowest BCUT2D eigenvalue weighted by molar-refractivity contribution is -0.114. The Bertz CT molecular complexity index is 712. The number of carbonyl (C=O) groups is 2. The first-order valence-corrected chi connectivity index (χ1v) is 8.68. The molecule has 0 fully saturated rings. The minimum Gasteiger partial charge on any atom is -0.497 e. The molecule has 2 aromatic rings. The van der Waals surface area contributed by atoms with E-state index in [1.165, 1.54) is 0 Å². The molecule has 0 saturated carbocycles. The van der Waals surface area contributed by atoms with Crippen LogP contribution in [-0.2, 0) is 4.79 Å². The number of hydrogen-bond donors (Lipinski definition) is 3. The van der Waals surface area contributed by atoms with E-state index in [1.807, 2.05) is 0 Å². The molecule has 0 saturated heterocycles. The second-order valence-electron chi connectivity index (χ2n) is 5.82. The van der Waals surface area contributed by atoms with Crippen LogP contribution in [0.2, 0.25) is 0 Å². The van der Waals surface area contributed by atoms with E-state index < -0.39 is 0 Å². The summed E-state index contributed by atoms with van der Waals surface area (Å²) in [5.41, 5.74) is 2.09.